The molecule has 2 amide bonds. The van der Waals surface area contributed by atoms with Crippen molar-refractivity contribution in [1.82, 2.24) is 4.90 Å². The SMILES string of the molecule is CCN(CC(=O)Nc1ccccc1C(F)(F)F)C(=O)/C=C/c1ccc(NS(C)(=O)=O)cc1. The lowest BCUT2D eigenvalue weighted by molar-refractivity contribution is -0.137. The average molecular weight is 469 g/mol. The van der Waals surface area contributed by atoms with Crippen LogP contribution in [0.4, 0.5) is 24.5 Å². The Hall–Kier alpha value is -3.34. The van der Waals surface area contributed by atoms with Gasteiger partial charge in [-0.2, -0.15) is 13.2 Å². The van der Waals surface area contributed by atoms with Gasteiger partial charge in [0, 0.05) is 18.3 Å². The van der Waals surface area contributed by atoms with E-state index < -0.39 is 40.1 Å². The largest absolute Gasteiger partial charge is 0.418 e. The lowest BCUT2D eigenvalue weighted by Crippen LogP contribution is -2.37. The number of nitrogens with zero attached hydrogens (tertiary/aromatic N) is 1. The van der Waals surface area contributed by atoms with Gasteiger partial charge in [0.1, 0.15) is 6.54 Å². The summed E-state index contributed by atoms with van der Waals surface area (Å²) in [7, 11) is -3.40. The van der Waals surface area contributed by atoms with E-state index in [-0.39, 0.29) is 12.2 Å². The summed E-state index contributed by atoms with van der Waals surface area (Å²) in [5, 5.41) is 2.20. The molecule has 0 atom stereocenters. The molecule has 0 saturated heterocycles. The number of carbonyl (C=O) groups is 2. The van der Waals surface area contributed by atoms with Crippen molar-refractivity contribution in [2.45, 2.75) is 13.1 Å². The van der Waals surface area contributed by atoms with Crippen LogP contribution < -0.4 is 10.0 Å². The Morgan fingerprint density at radius 3 is 2.25 bits per heavy atom. The molecule has 0 unspecified atom stereocenters. The van der Waals surface area contributed by atoms with E-state index in [1.165, 1.54) is 41.3 Å². The van der Waals surface area contributed by atoms with E-state index >= 15 is 0 Å². The monoisotopic (exact) mass is 469 g/mol. The number of amides is 2. The van der Waals surface area contributed by atoms with Crippen molar-refractivity contribution in [1.29, 1.82) is 0 Å². The number of carbonyl (C=O) groups excluding carboxylic acids is 2. The number of likely N-dealkylation sites (N-methyl/N-ethyl adjacent to an activating group) is 1. The molecule has 0 saturated carbocycles. The summed E-state index contributed by atoms with van der Waals surface area (Å²) < 4.78 is 63.9. The fourth-order valence-electron chi connectivity index (χ4n) is 2.70. The van der Waals surface area contributed by atoms with Crippen molar-refractivity contribution >= 4 is 39.3 Å². The van der Waals surface area contributed by atoms with Crippen molar-refractivity contribution in [3.63, 3.8) is 0 Å². The molecule has 0 aliphatic carbocycles. The molecule has 2 N–H and O–H groups in total. The summed E-state index contributed by atoms with van der Waals surface area (Å²) in [6.45, 7) is 1.37. The van der Waals surface area contributed by atoms with Crippen LogP contribution in [0, 0.1) is 0 Å². The van der Waals surface area contributed by atoms with Crippen LogP contribution in [0.3, 0.4) is 0 Å². The topological polar surface area (TPSA) is 95.6 Å². The summed E-state index contributed by atoms with van der Waals surface area (Å²) in [5.74, 6) is -1.27. The Balaban J connectivity index is 2.02. The van der Waals surface area contributed by atoms with Crippen molar-refractivity contribution in [2.24, 2.45) is 0 Å². The van der Waals surface area contributed by atoms with Gasteiger partial charge in [-0.05, 0) is 42.8 Å². The zero-order valence-electron chi connectivity index (χ0n) is 17.3. The van der Waals surface area contributed by atoms with Gasteiger partial charge < -0.3 is 10.2 Å². The lowest BCUT2D eigenvalue weighted by atomic mass is 10.1. The maximum Gasteiger partial charge on any atom is 0.418 e. The number of sulfonamides is 1. The maximum absolute atomic E-state index is 13.1. The quantitative estimate of drug-likeness (QED) is 0.578. The highest BCUT2D eigenvalue weighted by atomic mass is 32.2. The molecule has 0 spiro atoms. The van der Waals surface area contributed by atoms with Gasteiger partial charge >= 0.3 is 6.18 Å². The van der Waals surface area contributed by atoms with Crippen LogP contribution in [0.5, 0.6) is 0 Å². The van der Waals surface area contributed by atoms with E-state index in [4.69, 9.17) is 0 Å². The smallest absolute Gasteiger partial charge is 0.330 e. The van der Waals surface area contributed by atoms with Crippen LogP contribution in [0.2, 0.25) is 0 Å². The first kappa shape index (κ1) is 24.9. The number of nitrogens with one attached hydrogen (secondary N) is 2. The Bertz CT molecular complexity index is 1100. The molecular formula is C21H22F3N3O4S. The van der Waals surface area contributed by atoms with Crippen LogP contribution in [0.15, 0.2) is 54.6 Å². The fourth-order valence-corrected chi connectivity index (χ4v) is 3.26. The minimum Gasteiger partial charge on any atom is -0.330 e. The molecule has 11 heteroatoms. The first-order chi connectivity index (χ1) is 14.9. The number of halogens is 3. The van der Waals surface area contributed by atoms with Gasteiger partial charge in [-0.25, -0.2) is 8.42 Å². The molecule has 0 bridgehead atoms. The summed E-state index contributed by atoms with van der Waals surface area (Å²) in [6, 6.07) is 10.8. The molecule has 172 valence electrons. The van der Waals surface area contributed by atoms with Gasteiger partial charge in [0.2, 0.25) is 21.8 Å². The number of alkyl halides is 3. The molecule has 2 rings (SSSR count). The van der Waals surface area contributed by atoms with Gasteiger partial charge in [0.05, 0.1) is 17.5 Å². The van der Waals surface area contributed by atoms with Gasteiger partial charge in [-0.1, -0.05) is 24.3 Å². The zero-order chi connectivity index (χ0) is 23.9. The average Bonchev–Trinajstić information content (AvgIpc) is 2.69. The Kier molecular flexibility index (Phi) is 8.03. The maximum atomic E-state index is 13.1. The molecule has 0 aromatic heterocycles. The van der Waals surface area contributed by atoms with Gasteiger partial charge in [0.25, 0.3) is 0 Å². The van der Waals surface area contributed by atoms with E-state index in [0.717, 1.165) is 18.4 Å². The molecule has 7 nitrogen and oxygen atoms in total. The fraction of sp³-hybridized carbons (Fsp3) is 0.238. The molecule has 0 heterocycles. The van der Waals surface area contributed by atoms with Crippen LogP contribution in [-0.4, -0.2) is 44.5 Å². The van der Waals surface area contributed by atoms with Crippen LogP contribution in [0.1, 0.15) is 18.1 Å². The minimum absolute atomic E-state index is 0.161. The highest BCUT2D eigenvalue weighted by Gasteiger charge is 2.33. The number of anilines is 2. The summed E-state index contributed by atoms with van der Waals surface area (Å²) >= 11 is 0. The molecule has 32 heavy (non-hydrogen) atoms. The third-order valence-electron chi connectivity index (χ3n) is 4.17. The first-order valence-corrected chi connectivity index (χ1v) is 11.3. The van der Waals surface area contributed by atoms with Gasteiger partial charge in [-0.15, -0.1) is 0 Å². The highest BCUT2D eigenvalue weighted by Crippen LogP contribution is 2.34. The molecular weight excluding hydrogens is 447 g/mol. The Labute approximate surface area is 184 Å². The number of hydrogen-bond donors (Lipinski definition) is 2. The lowest BCUT2D eigenvalue weighted by Gasteiger charge is -2.19. The minimum atomic E-state index is -4.63. The van der Waals surface area contributed by atoms with E-state index in [1.807, 2.05) is 0 Å². The Morgan fingerprint density at radius 2 is 1.69 bits per heavy atom. The van der Waals surface area contributed by atoms with Crippen LogP contribution in [-0.2, 0) is 25.8 Å². The summed E-state index contributed by atoms with van der Waals surface area (Å²) in [4.78, 5) is 25.8. The van der Waals surface area contributed by atoms with E-state index in [0.29, 0.717) is 11.3 Å². The first-order valence-electron chi connectivity index (χ1n) is 9.40. The molecule has 2 aromatic rings. The van der Waals surface area contributed by atoms with E-state index in [2.05, 4.69) is 10.0 Å². The van der Waals surface area contributed by atoms with Crippen molar-refractivity contribution in [2.75, 3.05) is 29.4 Å². The van der Waals surface area contributed by atoms with E-state index in [9.17, 15) is 31.2 Å². The number of benzene rings is 2. The zero-order valence-corrected chi connectivity index (χ0v) is 18.1. The number of para-hydroxylation sites is 1. The number of rotatable bonds is 8. The molecule has 0 fully saturated rings. The molecule has 2 aromatic carbocycles. The van der Waals surface area contributed by atoms with Crippen molar-refractivity contribution in [3.05, 3.63) is 65.7 Å². The van der Waals surface area contributed by atoms with Crippen molar-refractivity contribution < 1.29 is 31.2 Å². The summed E-state index contributed by atoms with van der Waals surface area (Å²) in [5.41, 5.74) is -0.387. The second-order valence-corrected chi connectivity index (χ2v) is 8.52. The predicted octanol–water partition coefficient (Wildman–Crippen LogP) is 3.58. The third-order valence-corrected chi connectivity index (χ3v) is 4.77. The van der Waals surface area contributed by atoms with Gasteiger partial charge in [-0.3, -0.25) is 14.3 Å². The van der Waals surface area contributed by atoms with Crippen LogP contribution in [0.25, 0.3) is 6.08 Å². The standard InChI is InChI=1S/C21H22F3N3O4S/c1-3-27(14-19(28)25-18-7-5-4-6-17(18)21(22,23)24)20(29)13-10-15-8-11-16(12-9-15)26-32(2,30)31/h4-13,26H,3,14H2,1-2H3,(H,25,28)/b13-10+. The normalized spacial score (nSPS) is 11.9. The highest BCUT2D eigenvalue weighted by molar-refractivity contribution is 7.92. The van der Waals surface area contributed by atoms with Crippen LogP contribution >= 0.6 is 0 Å². The van der Waals surface area contributed by atoms with Gasteiger partial charge in [0.15, 0.2) is 0 Å². The molecule has 0 radical (unpaired) electrons. The Morgan fingerprint density at radius 1 is 1.06 bits per heavy atom. The summed E-state index contributed by atoms with van der Waals surface area (Å²) in [6.07, 6.45) is -0.901. The predicted molar refractivity (Wildman–Crippen MR) is 116 cm³/mol. The van der Waals surface area contributed by atoms with E-state index in [1.54, 1.807) is 19.1 Å². The second-order valence-electron chi connectivity index (χ2n) is 6.77. The van der Waals surface area contributed by atoms with Crippen molar-refractivity contribution in [3.8, 4) is 0 Å². The number of hydrogen-bond acceptors (Lipinski definition) is 4. The molecule has 0 aliphatic heterocycles. The molecule has 0 aliphatic rings. The third kappa shape index (κ3) is 7.73. The second kappa shape index (κ2) is 10.3.